The lowest BCUT2D eigenvalue weighted by molar-refractivity contribution is 0.361. The van der Waals surface area contributed by atoms with Gasteiger partial charge in [-0.1, -0.05) is 68.5 Å². The number of epoxide rings is 1. The van der Waals surface area contributed by atoms with Gasteiger partial charge in [-0.25, -0.2) is 0 Å². The molecule has 2 atom stereocenters. The van der Waals surface area contributed by atoms with Crippen molar-refractivity contribution in [2.24, 2.45) is 0 Å². The van der Waals surface area contributed by atoms with E-state index in [1.54, 1.807) is 0 Å². The van der Waals surface area contributed by atoms with Gasteiger partial charge in [0.1, 0.15) is 6.10 Å². The van der Waals surface area contributed by atoms with Crippen LogP contribution in [-0.4, -0.2) is 6.10 Å². The van der Waals surface area contributed by atoms with Crippen LogP contribution >= 0.6 is 0 Å². The first-order chi connectivity index (χ1) is 9.85. The number of hydrogen-bond acceptors (Lipinski definition) is 1. The third-order valence-electron chi connectivity index (χ3n) is 4.09. The van der Waals surface area contributed by atoms with E-state index in [0.717, 1.165) is 17.4 Å². The summed E-state index contributed by atoms with van der Waals surface area (Å²) < 4.78 is 5.85. The van der Waals surface area contributed by atoms with Crippen LogP contribution in [0, 0.1) is 12.3 Å². The summed E-state index contributed by atoms with van der Waals surface area (Å²) in [4.78, 5) is 0. The second-order valence-corrected chi connectivity index (χ2v) is 5.49. The minimum Gasteiger partial charge on any atom is -0.364 e. The SMILES string of the molecule is C#Cc1c([C@H]2O[C@H]2CCCCC)ccc2ccccc12. The van der Waals surface area contributed by atoms with Crippen LogP contribution in [0.2, 0.25) is 0 Å². The van der Waals surface area contributed by atoms with Crippen LogP contribution in [0.5, 0.6) is 0 Å². The van der Waals surface area contributed by atoms with Gasteiger partial charge < -0.3 is 4.74 Å². The van der Waals surface area contributed by atoms with E-state index in [0.29, 0.717) is 6.10 Å². The van der Waals surface area contributed by atoms with Gasteiger partial charge in [0.15, 0.2) is 0 Å². The molecule has 2 aromatic carbocycles. The molecule has 0 radical (unpaired) electrons. The van der Waals surface area contributed by atoms with E-state index in [9.17, 15) is 0 Å². The Labute approximate surface area is 121 Å². The van der Waals surface area contributed by atoms with Crippen molar-refractivity contribution in [2.45, 2.75) is 44.8 Å². The normalized spacial score (nSPS) is 20.8. The van der Waals surface area contributed by atoms with E-state index < -0.39 is 0 Å². The van der Waals surface area contributed by atoms with Crippen molar-refractivity contribution >= 4 is 10.8 Å². The van der Waals surface area contributed by atoms with Crippen LogP contribution in [0.1, 0.15) is 49.8 Å². The molecular weight excluding hydrogens is 244 g/mol. The third kappa shape index (κ3) is 2.44. The Morgan fingerprint density at radius 3 is 2.80 bits per heavy atom. The highest BCUT2D eigenvalue weighted by Gasteiger charge is 2.40. The van der Waals surface area contributed by atoms with E-state index in [-0.39, 0.29) is 6.10 Å². The Morgan fingerprint density at radius 2 is 2.00 bits per heavy atom. The van der Waals surface area contributed by atoms with Crippen molar-refractivity contribution in [1.82, 2.24) is 0 Å². The van der Waals surface area contributed by atoms with Crippen molar-refractivity contribution < 1.29 is 4.74 Å². The number of fused-ring (bicyclic) bond motifs is 1. The molecular formula is C19H20O. The summed E-state index contributed by atoms with van der Waals surface area (Å²) in [5, 5.41) is 2.36. The lowest BCUT2D eigenvalue weighted by Gasteiger charge is -2.06. The van der Waals surface area contributed by atoms with Crippen LogP contribution in [0.15, 0.2) is 36.4 Å². The van der Waals surface area contributed by atoms with Crippen molar-refractivity contribution in [3.05, 3.63) is 47.5 Å². The second kappa shape index (κ2) is 5.69. The van der Waals surface area contributed by atoms with Gasteiger partial charge in [0.25, 0.3) is 0 Å². The summed E-state index contributed by atoms with van der Waals surface area (Å²) in [6.07, 6.45) is 11.3. The molecule has 0 amide bonds. The molecule has 20 heavy (non-hydrogen) atoms. The van der Waals surface area contributed by atoms with Gasteiger partial charge in [-0.2, -0.15) is 0 Å². The van der Waals surface area contributed by atoms with Gasteiger partial charge in [-0.05, 0) is 22.8 Å². The van der Waals surface area contributed by atoms with Gasteiger partial charge >= 0.3 is 0 Å². The molecule has 0 unspecified atom stereocenters. The van der Waals surface area contributed by atoms with Crippen molar-refractivity contribution in [3.63, 3.8) is 0 Å². The molecule has 102 valence electrons. The predicted octanol–water partition coefficient (Wildman–Crippen LogP) is 4.84. The molecule has 0 N–H and O–H groups in total. The van der Waals surface area contributed by atoms with E-state index in [2.05, 4.69) is 37.1 Å². The first-order valence-electron chi connectivity index (χ1n) is 7.49. The van der Waals surface area contributed by atoms with Crippen LogP contribution in [-0.2, 0) is 4.74 Å². The van der Waals surface area contributed by atoms with Crippen LogP contribution in [0.25, 0.3) is 10.8 Å². The highest BCUT2D eigenvalue weighted by Crippen LogP contribution is 2.44. The van der Waals surface area contributed by atoms with Gasteiger partial charge in [0.05, 0.1) is 6.10 Å². The van der Waals surface area contributed by atoms with E-state index in [1.807, 2.05) is 12.1 Å². The molecule has 1 aliphatic rings. The molecule has 3 rings (SSSR count). The number of rotatable bonds is 5. The fraction of sp³-hybridized carbons (Fsp3) is 0.368. The molecule has 0 saturated carbocycles. The minimum absolute atomic E-state index is 0.211. The molecule has 1 heterocycles. The lowest BCUT2D eigenvalue weighted by Crippen LogP contribution is -1.94. The number of unbranched alkanes of at least 4 members (excludes halogenated alkanes) is 2. The summed E-state index contributed by atoms with van der Waals surface area (Å²) in [7, 11) is 0. The van der Waals surface area contributed by atoms with Crippen LogP contribution < -0.4 is 0 Å². The van der Waals surface area contributed by atoms with Gasteiger partial charge in [0.2, 0.25) is 0 Å². The zero-order valence-corrected chi connectivity index (χ0v) is 11.9. The fourth-order valence-electron chi connectivity index (χ4n) is 2.92. The summed E-state index contributed by atoms with van der Waals surface area (Å²) in [6.45, 7) is 2.23. The first-order valence-corrected chi connectivity index (χ1v) is 7.49. The number of ether oxygens (including phenoxy) is 1. The van der Waals surface area contributed by atoms with Gasteiger partial charge in [-0.3, -0.25) is 0 Å². The minimum atomic E-state index is 0.211. The van der Waals surface area contributed by atoms with E-state index >= 15 is 0 Å². The number of hydrogen-bond donors (Lipinski definition) is 0. The molecule has 1 aliphatic heterocycles. The Kier molecular flexibility index (Phi) is 3.76. The average molecular weight is 264 g/mol. The van der Waals surface area contributed by atoms with Gasteiger partial charge in [-0.15, -0.1) is 6.42 Å². The number of terminal acetylenes is 1. The molecule has 1 nitrogen and oxygen atoms in total. The Bertz CT molecular complexity index is 650. The Balaban J connectivity index is 1.85. The smallest absolute Gasteiger partial charge is 0.110 e. The second-order valence-electron chi connectivity index (χ2n) is 5.49. The van der Waals surface area contributed by atoms with Crippen molar-refractivity contribution in [3.8, 4) is 12.3 Å². The van der Waals surface area contributed by atoms with Crippen LogP contribution in [0.4, 0.5) is 0 Å². The zero-order valence-electron chi connectivity index (χ0n) is 11.9. The molecule has 0 aromatic heterocycles. The predicted molar refractivity (Wildman–Crippen MR) is 83.6 cm³/mol. The third-order valence-corrected chi connectivity index (χ3v) is 4.09. The van der Waals surface area contributed by atoms with Crippen molar-refractivity contribution in [1.29, 1.82) is 0 Å². The highest BCUT2D eigenvalue weighted by molar-refractivity contribution is 5.89. The van der Waals surface area contributed by atoms with E-state index in [4.69, 9.17) is 11.2 Å². The lowest BCUT2D eigenvalue weighted by atomic mass is 9.95. The summed E-state index contributed by atoms with van der Waals surface area (Å²) in [5.74, 6) is 2.87. The number of benzene rings is 2. The monoisotopic (exact) mass is 264 g/mol. The highest BCUT2D eigenvalue weighted by atomic mass is 16.6. The molecule has 2 aromatic rings. The first kappa shape index (κ1) is 13.2. The zero-order chi connectivity index (χ0) is 13.9. The fourth-order valence-corrected chi connectivity index (χ4v) is 2.92. The van der Waals surface area contributed by atoms with Crippen molar-refractivity contribution in [2.75, 3.05) is 0 Å². The van der Waals surface area contributed by atoms with Crippen LogP contribution in [0.3, 0.4) is 0 Å². The Morgan fingerprint density at radius 1 is 1.15 bits per heavy atom. The topological polar surface area (TPSA) is 12.5 Å². The Hall–Kier alpha value is -1.78. The van der Waals surface area contributed by atoms with Gasteiger partial charge in [0, 0.05) is 5.56 Å². The molecule has 1 saturated heterocycles. The standard InChI is InChI=1S/C19H20O/c1-3-5-6-11-18-19(20-18)17-13-12-14-9-7-8-10-16(14)15(17)4-2/h2,7-10,12-13,18-19H,3,5-6,11H2,1H3/t18-,19+/m0/s1. The summed E-state index contributed by atoms with van der Waals surface area (Å²) >= 11 is 0. The largest absolute Gasteiger partial charge is 0.364 e. The maximum Gasteiger partial charge on any atom is 0.110 e. The molecule has 1 heteroatoms. The summed E-state index contributed by atoms with van der Waals surface area (Å²) in [5.41, 5.74) is 2.19. The van der Waals surface area contributed by atoms with E-state index in [1.165, 1.54) is 30.2 Å². The molecule has 0 aliphatic carbocycles. The quantitative estimate of drug-likeness (QED) is 0.427. The average Bonchev–Trinajstić information content (AvgIpc) is 3.25. The molecule has 0 bridgehead atoms. The molecule has 1 fully saturated rings. The maximum atomic E-state index is 5.85. The maximum absolute atomic E-state index is 5.85. The summed E-state index contributed by atoms with van der Waals surface area (Å²) in [6, 6.07) is 12.6. The molecule has 0 spiro atoms.